The van der Waals surface area contributed by atoms with E-state index in [1.165, 1.54) is 0 Å². The van der Waals surface area contributed by atoms with Crippen molar-refractivity contribution in [2.45, 2.75) is 5.92 Å². The number of hydrogen-bond donors (Lipinski definition) is 1. The first-order chi connectivity index (χ1) is 6.79. The van der Waals surface area contributed by atoms with Gasteiger partial charge in [0.15, 0.2) is 0 Å². The van der Waals surface area contributed by atoms with E-state index in [0.717, 1.165) is 11.3 Å². The van der Waals surface area contributed by atoms with Gasteiger partial charge in [0.1, 0.15) is 5.75 Å². The van der Waals surface area contributed by atoms with Crippen LogP contribution in [0.25, 0.3) is 0 Å². The third kappa shape index (κ3) is 0.895. The Morgan fingerprint density at radius 1 is 1.43 bits per heavy atom. The summed E-state index contributed by atoms with van der Waals surface area (Å²) in [5, 5.41) is 8.95. The van der Waals surface area contributed by atoms with Gasteiger partial charge >= 0.3 is 5.97 Å². The monoisotopic (exact) mass is 190 g/mol. The Hall–Kier alpha value is -1.51. The Morgan fingerprint density at radius 2 is 2.21 bits per heavy atom. The molecule has 0 radical (unpaired) electrons. The van der Waals surface area contributed by atoms with Gasteiger partial charge < -0.3 is 9.84 Å². The summed E-state index contributed by atoms with van der Waals surface area (Å²) in [5.74, 6) is 0.330. The number of rotatable bonds is 1. The van der Waals surface area contributed by atoms with Crippen LogP contribution in [0, 0.1) is 11.8 Å². The molecule has 1 N–H and O–H groups in total. The highest BCUT2D eigenvalue weighted by atomic mass is 16.5. The van der Waals surface area contributed by atoms with E-state index >= 15 is 0 Å². The average molecular weight is 190 g/mol. The molecule has 3 atom stereocenters. The fraction of sp³-hybridized carbons (Fsp3) is 0.364. The lowest BCUT2D eigenvalue weighted by molar-refractivity contribution is -0.139. The average Bonchev–Trinajstić information content (AvgIpc) is 2.92. The van der Waals surface area contributed by atoms with Crippen molar-refractivity contribution in [3.8, 4) is 5.75 Å². The third-order valence-corrected chi connectivity index (χ3v) is 3.16. The van der Waals surface area contributed by atoms with Crippen LogP contribution in [0.5, 0.6) is 5.75 Å². The minimum absolute atomic E-state index is 0.192. The molecule has 0 spiro atoms. The van der Waals surface area contributed by atoms with E-state index in [1.54, 1.807) is 0 Å². The van der Waals surface area contributed by atoms with E-state index in [9.17, 15) is 4.79 Å². The van der Waals surface area contributed by atoms with Gasteiger partial charge in [-0.1, -0.05) is 18.2 Å². The molecule has 72 valence electrons. The largest absolute Gasteiger partial charge is 0.493 e. The second-order valence-electron chi connectivity index (χ2n) is 3.90. The normalized spacial score (nSPS) is 32.4. The van der Waals surface area contributed by atoms with Crippen LogP contribution in [-0.2, 0) is 4.79 Å². The molecule has 0 unspecified atom stereocenters. The van der Waals surface area contributed by atoms with Gasteiger partial charge in [-0.05, 0) is 11.6 Å². The zero-order valence-corrected chi connectivity index (χ0v) is 7.51. The van der Waals surface area contributed by atoms with E-state index in [1.807, 2.05) is 24.3 Å². The zero-order valence-electron chi connectivity index (χ0n) is 7.51. The zero-order chi connectivity index (χ0) is 9.71. The second kappa shape index (κ2) is 2.50. The third-order valence-electron chi connectivity index (χ3n) is 3.16. The van der Waals surface area contributed by atoms with Gasteiger partial charge in [0.2, 0.25) is 0 Å². The Balaban J connectivity index is 2.00. The first-order valence-electron chi connectivity index (χ1n) is 4.73. The molecule has 3 rings (SSSR count). The Bertz CT molecular complexity index is 399. The number of hydrogen-bond acceptors (Lipinski definition) is 2. The molecule has 3 heteroatoms. The lowest BCUT2D eigenvalue weighted by atomic mass is 10.1. The SMILES string of the molecule is O=C(O)[C@@H]1[C@H]2COc3ccccc3[C@H]21. The van der Waals surface area contributed by atoms with E-state index < -0.39 is 5.97 Å². The second-order valence-corrected chi connectivity index (χ2v) is 3.90. The first-order valence-corrected chi connectivity index (χ1v) is 4.73. The van der Waals surface area contributed by atoms with E-state index in [4.69, 9.17) is 9.84 Å². The summed E-state index contributed by atoms with van der Waals surface area (Å²) in [7, 11) is 0. The summed E-state index contributed by atoms with van der Waals surface area (Å²) in [4.78, 5) is 10.9. The van der Waals surface area contributed by atoms with Gasteiger partial charge in [-0.2, -0.15) is 0 Å². The summed E-state index contributed by atoms with van der Waals surface area (Å²) in [5.41, 5.74) is 1.07. The summed E-state index contributed by atoms with van der Waals surface area (Å²) < 4.78 is 5.49. The number of carboxylic acids is 1. The van der Waals surface area contributed by atoms with Crippen LogP contribution in [-0.4, -0.2) is 17.7 Å². The molecule has 0 bridgehead atoms. The molecule has 1 aliphatic carbocycles. The maximum atomic E-state index is 10.9. The van der Waals surface area contributed by atoms with Crippen molar-refractivity contribution >= 4 is 5.97 Å². The molecule has 1 saturated carbocycles. The molecule has 2 aliphatic rings. The lowest BCUT2D eigenvalue weighted by Crippen LogP contribution is -2.08. The van der Waals surface area contributed by atoms with Crippen LogP contribution in [0.15, 0.2) is 24.3 Å². The number of para-hydroxylation sites is 1. The molecule has 0 aromatic heterocycles. The van der Waals surface area contributed by atoms with Gasteiger partial charge in [0, 0.05) is 11.8 Å². The molecule has 1 aliphatic heterocycles. The molecular weight excluding hydrogens is 180 g/mol. The van der Waals surface area contributed by atoms with Crippen LogP contribution in [0.3, 0.4) is 0 Å². The Labute approximate surface area is 81.3 Å². The number of benzene rings is 1. The van der Waals surface area contributed by atoms with Crippen molar-refractivity contribution in [1.82, 2.24) is 0 Å². The summed E-state index contributed by atoms with van der Waals surface area (Å²) in [6.07, 6.45) is 0. The quantitative estimate of drug-likeness (QED) is 0.729. The molecule has 14 heavy (non-hydrogen) atoms. The van der Waals surface area contributed by atoms with E-state index in [-0.39, 0.29) is 17.8 Å². The van der Waals surface area contributed by atoms with Crippen LogP contribution in [0.1, 0.15) is 11.5 Å². The molecule has 0 amide bonds. The van der Waals surface area contributed by atoms with Gasteiger partial charge in [-0.3, -0.25) is 4.79 Å². The summed E-state index contributed by atoms with van der Waals surface area (Å²) in [6, 6.07) is 7.72. The summed E-state index contributed by atoms with van der Waals surface area (Å²) in [6.45, 7) is 0.554. The van der Waals surface area contributed by atoms with Crippen molar-refractivity contribution in [2.24, 2.45) is 11.8 Å². The van der Waals surface area contributed by atoms with Gasteiger partial charge in [0.25, 0.3) is 0 Å². The molecule has 1 aromatic rings. The Morgan fingerprint density at radius 3 is 3.00 bits per heavy atom. The topological polar surface area (TPSA) is 46.5 Å². The van der Waals surface area contributed by atoms with Crippen molar-refractivity contribution in [2.75, 3.05) is 6.61 Å². The molecular formula is C11H10O3. The van der Waals surface area contributed by atoms with Crippen LogP contribution in [0.4, 0.5) is 0 Å². The standard InChI is InChI=1S/C11H10O3/c12-11(13)10-7-5-14-8-4-2-1-3-6(8)9(7)10/h1-4,7,9-10H,5H2,(H,12,13)/t7-,9+,10+/m0/s1. The van der Waals surface area contributed by atoms with Gasteiger partial charge in [-0.15, -0.1) is 0 Å². The molecule has 3 nitrogen and oxygen atoms in total. The highest BCUT2D eigenvalue weighted by Gasteiger charge is 2.58. The fourth-order valence-electron chi connectivity index (χ4n) is 2.42. The minimum Gasteiger partial charge on any atom is -0.493 e. The predicted octanol–water partition coefficient (Wildman–Crippen LogP) is 1.49. The smallest absolute Gasteiger partial charge is 0.307 e. The number of ether oxygens (including phenoxy) is 1. The fourth-order valence-corrected chi connectivity index (χ4v) is 2.42. The van der Waals surface area contributed by atoms with Crippen molar-refractivity contribution < 1.29 is 14.6 Å². The predicted molar refractivity (Wildman–Crippen MR) is 49.3 cm³/mol. The first kappa shape index (κ1) is 7.85. The lowest BCUT2D eigenvalue weighted by Gasteiger charge is -2.15. The van der Waals surface area contributed by atoms with E-state index in [2.05, 4.69) is 0 Å². The van der Waals surface area contributed by atoms with Crippen LogP contribution < -0.4 is 4.74 Å². The van der Waals surface area contributed by atoms with E-state index in [0.29, 0.717) is 6.61 Å². The van der Waals surface area contributed by atoms with Crippen LogP contribution in [0.2, 0.25) is 0 Å². The number of carbonyl (C=O) groups is 1. The van der Waals surface area contributed by atoms with Crippen molar-refractivity contribution in [1.29, 1.82) is 0 Å². The number of carboxylic acid groups (broad SMARTS) is 1. The molecule has 1 aromatic carbocycles. The minimum atomic E-state index is -0.694. The number of aliphatic carboxylic acids is 1. The highest BCUT2D eigenvalue weighted by Crippen LogP contribution is 2.58. The Kier molecular flexibility index (Phi) is 1.40. The highest BCUT2D eigenvalue weighted by molar-refractivity contribution is 5.77. The van der Waals surface area contributed by atoms with Crippen molar-refractivity contribution in [3.05, 3.63) is 29.8 Å². The summed E-state index contributed by atoms with van der Waals surface area (Å²) >= 11 is 0. The van der Waals surface area contributed by atoms with Gasteiger partial charge in [0.05, 0.1) is 12.5 Å². The van der Waals surface area contributed by atoms with Crippen molar-refractivity contribution in [3.63, 3.8) is 0 Å². The molecule has 0 saturated heterocycles. The number of fused-ring (bicyclic) bond motifs is 3. The maximum Gasteiger partial charge on any atom is 0.307 e. The van der Waals surface area contributed by atoms with Gasteiger partial charge in [-0.25, -0.2) is 0 Å². The maximum absolute atomic E-state index is 10.9. The molecule has 1 fully saturated rings. The van der Waals surface area contributed by atoms with Crippen LogP contribution >= 0.6 is 0 Å². The molecule has 1 heterocycles.